The third-order valence-corrected chi connectivity index (χ3v) is 2.22. The second-order valence-corrected chi connectivity index (χ2v) is 3.26. The zero-order valence-electron chi connectivity index (χ0n) is 7.81. The summed E-state index contributed by atoms with van der Waals surface area (Å²) >= 11 is 5.72. The Kier molecular flexibility index (Phi) is 2.35. The van der Waals surface area contributed by atoms with Gasteiger partial charge in [0.1, 0.15) is 17.6 Å². The average molecular weight is 213 g/mol. The molecule has 0 radical (unpaired) electrons. The lowest BCUT2D eigenvalue weighted by Gasteiger charge is -2.05. The zero-order valence-corrected chi connectivity index (χ0v) is 8.56. The van der Waals surface area contributed by atoms with Crippen LogP contribution in [-0.2, 0) is 4.74 Å². The summed E-state index contributed by atoms with van der Waals surface area (Å²) in [6, 6.07) is 1.65. The number of hydrogen-bond acceptors (Lipinski definition) is 4. The van der Waals surface area contributed by atoms with Gasteiger partial charge in [-0.2, -0.15) is 0 Å². The predicted molar refractivity (Wildman–Crippen MR) is 51.2 cm³/mol. The van der Waals surface area contributed by atoms with Crippen LogP contribution in [0.1, 0.15) is 18.9 Å². The van der Waals surface area contributed by atoms with Gasteiger partial charge in [0.25, 0.3) is 0 Å². The smallest absolute Gasteiger partial charge is 0.167 e. The Morgan fingerprint density at radius 3 is 3.00 bits per heavy atom. The number of methoxy groups -OCH3 is 1. The van der Waals surface area contributed by atoms with Crippen LogP contribution >= 0.6 is 11.6 Å². The molecule has 74 valence electrons. The van der Waals surface area contributed by atoms with Crippen LogP contribution in [0.2, 0.25) is 5.15 Å². The number of nitrogens with zero attached hydrogens (tertiary/aromatic N) is 4. The van der Waals surface area contributed by atoms with Gasteiger partial charge in [0, 0.05) is 13.2 Å². The molecule has 0 bridgehead atoms. The molecule has 14 heavy (non-hydrogen) atoms. The lowest BCUT2D eigenvalue weighted by molar-refractivity contribution is 0.111. The van der Waals surface area contributed by atoms with Crippen molar-refractivity contribution in [2.45, 2.75) is 13.0 Å². The Morgan fingerprint density at radius 1 is 1.50 bits per heavy atom. The number of rotatable bonds is 2. The zero-order chi connectivity index (χ0) is 10.1. The Bertz CT molecular complexity index is 456. The second-order valence-electron chi connectivity index (χ2n) is 2.88. The topological polar surface area (TPSA) is 52.3 Å². The van der Waals surface area contributed by atoms with Crippen molar-refractivity contribution in [2.75, 3.05) is 7.11 Å². The predicted octanol–water partition coefficient (Wildman–Crippen LogP) is 1.49. The minimum atomic E-state index is -0.118. The summed E-state index contributed by atoms with van der Waals surface area (Å²) in [5.41, 5.74) is 0.670. The van der Waals surface area contributed by atoms with Crippen molar-refractivity contribution < 1.29 is 4.74 Å². The van der Waals surface area contributed by atoms with Gasteiger partial charge in [0.05, 0.1) is 0 Å². The molecule has 1 atom stereocenters. The standard InChI is InChI=1S/C8H9ClN4O/c1-5(14-2)8-12-11-7-3-6(9)10-4-13(7)8/h3-5H,1-2H3. The molecule has 2 rings (SSSR count). The van der Waals surface area contributed by atoms with Crippen LogP contribution < -0.4 is 0 Å². The molecule has 0 saturated heterocycles. The number of aromatic nitrogens is 4. The van der Waals surface area contributed by atoms with E-state index in [-0.39, 0.29) is 6.10 Å². The Morgan fingerprint density at radius 2 is 2.29 bits per heavy atom. The van der Waals surface area contributed by atoms with E-state index in [1.807, 2.05) is 6.92 Å². The van der Waals surface area contributed by atoms with Crippen molar-refractivity contribution in [1.29, 1.82) is 0 Å². The molecular weight excluding hydrogens is 204 g/mol. The summed E-state index contributed by atoms with van der Waals surface area (Å²) in [6.07, 6.45) is 1.47. The minimum absolute atomic E-state index is 0.118. The van der Waals surface area contributed by atoms with E-state index in [1.165, 1.54) is 0 Å². The fraction of sp³-hybridized carbons (Fsp3) is 0.375. The van der Waals surface area contributed by atoms with Gasteiger partial charge in [0.15, 0.2) is 11.5 Å². The Labute approximate surface area is 85.7 Å². The fourth-order valence-corrected chi connectivity index (χ4v) is 1.31. The van der Waals surface area contributed by atoms with Crippen molar-refractivity contribution >= 4 is 17.2 Å². The van der Waals surface area contributed by atoms with Gasteiger partial charge in [-0.15, -0.1) is 10.2 Å². The first-order chi connectivity index (χ1) is 6.72. The maximum absolute atomic E-state index is 5.72. The third-order valence-electron chi connectivity index (χ3n) is 2.01. The van der Waals surface area contributed by atoms with Crippen molar-refractivity contribution in [2.24, 2.45) is 0 Å². The highest BCUT2D eigenvalue weighted by Crippen LogP contribution is 2.15. The summed E-state index contributed by atoms with van der Waals surface area (Å²) in [6.45, 7) is 1.89. The van der Waals surface area contributed by atoms with E-state index in [1.54, 1.807) is 23.9 Å². The van der Waals surface area contributed by atoms with Crippen LogP contribution in [0.3, 0.4) is 0 Å². The first-order valence-corrected chi connectivity index (χ1v) is 4.49. The van der Waals surface area contributed by atoms with Gasteiger partial charge < -0.3 is 4.74 Å². The normalized spacial score (nSPS) is 13.4. The summed E-state index contributed by atoms with van der Waals surface area (Å²) in [5, 5.41) is 8.36. The van der Waals surface area contributed by atoms with Gasteiger partial charge in [-0.25, -0.2) is 4.98 Å². The first kappa shape index (κ1) is 9.36. The molecule has 2 aromatic rings. The lowest BCUT2D eigenvalue weighted by atomic mass is 10.4. The van der Waals surface area contributed by atoms with E-state index in [0.717, 1.165) is 0 Å². The van der Waals surface area contributed by atoms with Crippen LogP contribution in [0.25, 0.3) is 5.65 Å². The van der Waals surface area contributed by atoms with E-state index < -0.39 is 0 Å². The van der Waals surface area contributed by atoms with E-state index in [4.69, 9.17) is 16.3 Å². The second kappa shape index (κ2) is 3.51. The molecule has 2 heterocycles. The molecule has 0 aromatic carbocycles. The molecule has 0 fully saturated rings. The van der Waals surface area contributed by atoms with Gasteiger partial charge in [-0.1, -0.05) is 11.6 Å². The van der Waals surface area contributed by atoms with Crippen LogP contribution in [0.5, 0.6) is 0 Å². The monoisotopic (exact) mass is 212 g/mol. The summed E-state index contributed by atoms with van der Waals surface area (Å²) in [4.78, 5) is 3.95. The molecule has 0 amide bonds. The molecule has 6 heteroatoms. The molecule has 0 saturated carbocycles. The molecule has 2 aromatic heterocycles. The van der Waals surface area contributed by atoms with Gasteiger partial charge in [-0.3, -0.25) is 4.40 Å². The van der Waals surface area contributed by atoms with Gasteiger partial charge >= 0.3 is 0 Å². The van der Waals surface area contributed by atoms with Crippen LogP contribution in [-0.4, -0.2) is 26.7 Å². The highest BCUT2D eigenvalue weighted by Gasteiger charge is 2.12. The SMILES string of the molecule is COC(C)c1nnc2cc(Cl)ncn12. The summed E-state index contributed by atoms with van der Waals surface area (Å²) in [7, 11) is 1.62. The quantitative estimate of drug-likeness (QED) is 0.708. The van der Waals surface area contributed by atoms with Crippen molar-refractivity contribution in [1.82, 2.24) is 19.6 Å². The van der Waals surface area contributed by atoms with Crippen LogP contribution in [0, 0.1) is 0 Å². The lowest BCUT2D eigenvalue weighted by Crippen LogP contribution is -2.02. The Hall–Kier alpha value is -1.20. The van der Waals surface area contributed by atoms with Gasteiger partial charge in [0.2, 0.25) is 0 Å². The molecule has 5 nitrogen and oxygen atoms in total. The van der Waals surface area contributed by atoms with Crippen LogP contribution in [0.15, 0.2) is 12.4 Å². The summed E-state index contributed by atoms with van der Waals surface area (Å²) in [5.74, 6) is 0.715. The van der Waals surface area contributed by atoms with Gasteiger partial charge in [-0.05, 0) is 6.92 Å². The average Bonchev–Trinajstić information content (AvgIpc) is 2.59. The molecule has 1 unspecified atom stereocenters. The number of halogens is 1. The van der Waals surface area contributed by atoms with E-state index in [2.05, 4.69) is 15.2 Å². The first-order valence-electron chi connectivity index (χ1n) is 4.11. The summed E-state index contributed by atoms with van der Waals surface area (Å²) < 4.78 is 6.90. The third kappa shape index (κ3) is 1.44. The van der Waals surface area contributed by atoms with Crippen molar-refractivity contribution in [3.63, 3.8) is 0 Å². The maximum Gasteiger partial charge on any atom is 0.167 e. The van der Waals surface area contributed by atoms with E-state index in [9.17, 15) is 0 Å². The van der Waals surface area contributed by atoms with Crippen molar-refractivity contribution in [3.8, 4) is 0 Å². The number of fused-ring (bicyclic) bond motifs is 1. The Balaban J connectivity index is 2.58. The molecule has 0 aliphatic rings. The number of ether oxygens (including phenoxy) is 1. The molecule has 0 spiro atoms. The largest absolute Gasteiger partial charge is 0.374 e. The molecular formula is C8H9ClN4O. The minimum Gasteiger partial charge on any atom is -0.374 e. The van der Waals surface area contributed by atoms with E-state index >= 15 is 0 Å². The highest BCUT2D eigenvalue weighted by molar-refractivity contribution is 6.29. The van der Waals surface area contributed by atoms with E-state index in [0.29, 0.717) is 16.6 Å². The van der Waals surface area contributed by atoms with Crippen molar-refractivity contribution in [3.05, 3.63) is 23.4 Å². The molecule has 0 aliphatic carbocycles. The maximum atomic E-state index is 5.72. The van der Waals surface area contributed by atoms with Crippen LogP contribution in [0.4, 0.5) is 0 Å². The molecule has 0 N–H and O–H groups in total. The highest BCUT2D eigenvalue weighted by atomic mass is 35.5. The molecule has 0 aliphatic heterocycles. The number of hydrogen-bond donors (Lipinski definition) is 0. The fourth-order valence-electron chi connectivity index (χ4n) is 1.17.